The van der Waals surface area contributed by atoms with Gasteiger partial charge >= 0.3 is 0 Å². The minimum atomic E-state index is -3.72. The Morgan fingerprint density at radius 1 is 1.38 bits per heavy atom. The maximum Gasteiger partial charge on any atom is 0.241 e. The Morgan fingerprint density at radius 2 is 2.10 bits per heavy atom. The molecule has 5 nitrogen and oxygen atoms in total. The Labute approximate surface area is 132 Å². The number of aryl methyl sites for hydroxylation is 1. The second-order valence-electron chi connectivity index (χ2n) is 4.53. The third-order valence-electron chi connectivity index (χ3n) is 3.00. The molecule has 2 N–H and O–H groups in total. The Balaban J connectivity index is 2.29. The van der Waals surface area contributed by atoms with Gasteiger partial charge < -0.3 is 5.11 Å². The number of rotatable bonds is 5. The molecular weight excluding hydrogens is 332 g/mol. The van der Waals surface area contributed by atoms with Crippen molar-refractivity contribution < 1.29 is 13.5 Å². The van der Waals surface area contributed by atoms with Gasteiger partial charge in [-0.25, -0.2) is 18.1 Å². The summed E-state index contributed by atoms with van der Waals surface area (Å²) in [5.41, 5.74) is 1.65. The molecule has 0 fully saturated rings. The first-order chi connectivity index (χ1) is 9.83. The fourth-order valence-electron chi connectivity index (χ4n) is 1.89. The lowest BCUT2D eigenvalue weighted by atomic mass is 10.1. The topological polar surface area (TPSA) is 79.3 Å². The first kappa shape index (κ1) is 16.4. The minimum Gasteiger partial charge on any atom is -0.392 e. The van der Waals surface area contributed by atoms with Crippen LogP contribution in [0.3, 0.4) is 0 Å². The number of halogens is 1. The van der Waals surface area contributed by atoms with Crippen molar-refractivity contribution >= 4 is 33.0 Å². The number of thiazole rings is 1. The summed E-state index contributed by atoms with van der Waals surface area (Å²) in [6.07, 6.45) is 0. The molecular formula is C13H15ClN2O3S2. The average molecular weight is 347 g/mol. The molecule has 0 unspecified atom stereocenters. The maximum absolute atomic E-state index is 12.4. The summed E-state index contributed by atoms with van der Waals surface area (Å²) in [4.78, 5) is 4.28. The van der Waals surface area contributed by atoms with Gasteiger partial charge in [-0.15, -0.1) is 11.3 Å². The highest BCUT2D eigenvalue weighted by Crippen LogP contribution is 2.24. The van der Waals surface area contributed by atoms with Crippen molar-refractivity contribution in [3.63, 3.8) is 0 Å². The zero-order valence-electron chi connectivity index (χ0n) is 11.6. The van der Waals surface area contributed by atoms with E-state index in [1.165, 1.54) is 17.4 Å². The van der Waals surface area contributed by atoms with E-state index in [9.17, 15) is 13.5 Å². The third kappa shape index (κ3) is 3.81. The number of aliphatic hydroxyl groups is 1. The minimum absolute atomic E-state index is 0.0750. The van der Waals surface area contributed by atoms with Gasteiger partial charge in [0.1, 0.15) is 0 Å². The zero-order chi connectivity index (χ0) is 15.6. The molecule has 0 saturated carbocycles. The number of hydrogen-bond acceptors (Lipinski definition) is 5. The number of nitrogens with zero attached hydrogens (tertiary/aromatic N) is 1. The van der Waals surface area contributed by atoms with Crippen LogP contribution >= 0.6 is 22.9 Å². The molecule has 0 aliphatic carbocycles. The SMILES string of the molecule is Cc1nc(CNS(=O)(=O)c2cc(Cl)cc(CO)c2C)cs1. The molecule has 21 heavy (non-hydrogen) atoms. The fraction of sp³-hybridized carbons (Fsp3) is 0.308. The van der Waals surface area contributed by atoms with Crippen LogP contribution in [0.5, 0.6) is 0 Å². The van der Waals surface area contributed by atoms with Crippen molar-refractivity contribution in [2.45, 2.75) is 31.9 Å². The van der Waals surface area contributed by atoms with Crippen molar-refractivity contribution in [2.24, 2.45) is 0 Å². The Hall–Kier alpha value is -0.990. The van der Waals surface area contributed by atoms with Gasteiger partial charge in [-0.1, -0.05) is 11.6 Å². The van der Waals surface area contributed by atoms with E-state index in [4.69, 9.17) is 11.6 Å². The lowest BCUT2D eigenvalue weighted by Crippen LogP contribution is -2.24. The summed E-state index contributed by atoms with van der Waals surface area (Å²) in [5.74, 6) is 0. The van der Waals surface area contributed by atoms with E-state index in [0.717, 1.165) is 5.01 Å². The van der Waals surface area contributed by atoms with E-state index in [1.54, 1.807) is 13.0 Å². The molecule has 2 rings (SSSR count). The normalized spacial score (nSPS) is 11.8. The second-order valence-corrected chi connectivity index (χ2v) is 7.76. The summed E-state index contributed by atoms with van der Waals surface area (Å²) in [6, 6.07) is 2.93. The molecule has 0 aliphatic rings. The van der Waals surface area contributed by atoms with Crippen LogP contribution in [-0.2, 0) is 23.2 Å². The van der Waals surface area contributed by atoms with Crippen LogP contribution in [0.4, 0.5) is 0 Å². The summed E-state index contributed by atoms with van der Waals surface area (Å²) in [6.45, 7) is 3.36. The van der Waals surface area contributed by atoms with Crippen LogP contribution in [0.25, 0.3) is 0 Å². The van der Waals surface area contributed by atoms with Crippen LogP contribution in [0.1, 0.15) is 21.8 Å². The van der Waals surface area contributed by atoms with Crippen molar-refractivity contribution in [1.29, 1.82) is 0 Å². The highest BCUT2D eigenvalue weighted by atomic mass is 35.5. The van der Waals surface area contributed by atoms with E-state index >= 15 is 0 Å². The van der Waals surface area contributed by atoms with E-state index in [0.29, 0.717) is 16.8 Å². The van der Waals surface area contributed by atoms with Gasteiger partial charge in [0.25, 0.3) is 0 Å². The van der Waals surface area contributed by atoms with Crippen molar-refractivity contribution in [3.05, 3.63) is 44.4 Å². The van der Waals surface area contributed by atoms with Crippen LogP contribution in [0.2, 0.25) is 5.02 Å². The van der Waals surface area contributed by atoms with Crippen LogP contribution < -0.4 is 4.72 Å². The Bertz CT molecular complexity index is 757. The number of sulfonamides is 1. The van der Waals surface area contributed by atoms with Gasteiger partial charge in [-0.2, -0.15) is 0 Å². The molecule has 114 valence electrons. The number of aliphatic hydroxyl groups excluding tert-OH is 1. The summed E-state index contributed by atoms with van der Waals surface area (Å²) in [7, 11) is -3.72. The molecule has 0 atom stereocenters. The molecule has 1 aromatic carbocycles. The first-order valence-electron chi connectivity index (χ1n) is 6.14. The summed E-state index contributed by atoms with van der Waals surface area (Å²) < 4.78 is 27.3. The van der Waals surface area contributed by atoms with Gasteiger partial charge in [0.05, 0.1) is 28.7 Å². The molecule has 0 aliphatic heterocycles. The molecule has 2 aromatic rings. The molecule has 0 bridgehead atoms. The van der Waals surface area contributed by atoms with Gasteiger partial charge in [-0.3, -0.25) is 0 Å². The fourth-order valence-corrected chi connectivity index (χ4v) is 4.12. The van der Waals surface area contributed by atoms with Crippen molar-refractivity contribution in [2.75, 3.05) is 0 Å². The largest absolute Gasteiger partial charge is 0.392 e. The number of aromatic nitrogens is 1. The molecule has 0 amide bonds. The average Bonchev–Trinajstić information content (AvgIpc) is 2.84. The Kier molecular flexibility index (Phi) is 5.00. The number of nitrogens with one attached hydrogen (secondary N) is 1. The molecule has 1 heterocycles. The van der Waals surface area contributed by atoms with Crippen molar-refractivity contribution in [1.82, 2.24) is 9.71 Å². The molecule has 8 heteroatoms. The van der Waals surface area contributed by atoms with Crippen molar-refractivity contribution in [3.8, 4) is 0 Å². The standard InChI is InChI=1S/C13H15ClN2O3S2/c1-8-10(6-17)3-11(14)4-13(8)21(18,19)15-5-12-7-20-9(2)16-12/h3-4,7,15,17H,5-6H2,1-2H3. The van der Waals surface area contributed by atoms with Gasteiger partial charge in [0.15, 0.2) is 0 Å². The summed E-state index contributed by atoms with van der Waals surface area (Å²) >= 11 is 7.38. The first-order valence-corrected chi connectivity index (χ1v) is 8.88. The lowest BCUT2D eigenvalue weighted by Gasteiger charge is -2.12. The van der Waals surface area contributed by atoms with E-state index in [1.807, 2.05) is 12.3 Å². The predicted octanol–water partition coefficient (Wildman–Crippen LogP) is 2.38. The quantitative estimate of drug-likeness (QED) is 0.871. The van der Waals surface area contributed by atoms with E-state index < -0.39 is 10.0 Å². The second kappa shape index (κ2) is 6.41. The maximum atomic E-state index is 12.4. The van der Waals surface area contributed by atoms with Gasteiger partial charge in [-0.05, 0) is 37.1 Å². The zero-order valence-corrected chi connectivity index (χ0v) is 13.9. The molecule has 0 spiro atoms. The van der Waals surface area contributed by atoms with Crippen LogP contribution in [0, 0.1) is 13.8 Å². The van der Waals surface area contributed by atoms with Crippen LogP contribution in [-0.4, -0.2) is 18.5 Å². The number of benzene rings is 1. The molecule has 1 aromatic heterocycles. The highest BCUT2D eigenvalue weighted by Gasteiger charge is 2.19. The third-order valence-corrected chi connectivity index (χ3v) is 5.57. The smallest absolute Gasteiger partial charge is 0.241 e. The lowest BCUT2D eigenvalue weighted by molar-refractivity contribution is 0.280. The van der Waals surface area contributed by atoms with Crippen LogP contribution in [0.15, 0.2) is 22.4 Å². The van der Waals surface area contributed by atoms with Gasteiger partial charge in [0, 0.05) is 10.4 Å². The predicted molar refractivity (Wildman–Crippen MR) is 83.0 cm³/mol. The highest BCUT2D eigenvalue weighted by molar-refractivity contribution is 7.89. The molecule has 0 saturated heterocycles. The van der Waals surface area contributed by atoms with E-state index in [-0.39, 0.29) is 23.1 Å². The monoisotopic (exact) mass is 346 g/mol. The molecule has 0 radical (unpaired) electrons. The number of hydrogen-bond donors (Lipinski definition) is 2. The Morgan fingerprint density at radius 3 is 2.67 bits per heavy atom. The summed E-state index contributed by atoms with van der Waals surface area (Å²) in [5, 5.41) is 12.2. The van der Waals surface area contributed by atoms with E-state index in [2.05, 4.69) is 9.71 Å². The van der Waals surface area contributed by atoms with Gasteiger partial charge in [0.2, 0.25) is 10.0 Å².